The molecule has 0 unspecified atom stereocenters. The smallest absolute Gasteiger partial charge is 0.129 e. The van der Waals surface area contributed by atoms with Crippen LogP contribution in [0.5, 0.6) is 0 Å². The lowest BCUT2D eigenvalue weighted by atomic mass is 10.1. The molecule has 0 atom stereocenters. The predicted octanol–water partition coefficient (Wildman–Crippen LogP) is 3.36. The summed E-state index contributed by atoms with van der Waals surface area (Å²) in [5.74, 6) is -0.210. The standard InChI is InChI=1S/C10H11BrFN/c1-3-4-8-9(12)5-7(11)6-10(8)13-2/h3,5-6,13H,1,4H2,2H3. The Labute approximate surface area is 85.8 Å². The van der Waals surface area contributed by atoms with Crippen molar-refractivity contribution in [2.24, 2.45) is 0 Å². The lowest BCUT2D eigenvalue weighted by molar-refractivity contribution is 0.614. The Morgan fingerprint density at radius 2 is 2.31 bits per heavy atom. The van der Waals surface area contributed by atoms with Crippen LogP contribution >= 0.6 is 15.9 Å². The highest BCUT2D eigenvalue weighted by molar-refractivity contribution is 9.10. The monoisotopic (exact) mass is 243 g/mol. The first-order valence-corrected chi connectivity index (χ1v) is 4.75. The molecule has 0 saturated heterocycles. The molecule has 0 fully saturated rings. The van der Waals surface area contributed by atoms with Crippen molar-refractivity contribution in [3.63, 3.8) is 0 Å². The van der Waals surface area contributed by atoms with Crippen molar-refractivity contribution in [1.82, 2.24) is 0 Å². The number of benzene rings is 1. The Morgan fingerprint density at radius 1 is 1.62 bits per heavy atom. The van der Waals surface area contributed by atoms with E-state index >= 15 is 0 Å². The van der Waals surface area contributed by atoms with Crippen molar-refractivity contribution < 1.29 is 4.39 Å². The zero-order chi connectivity index (χ0) is 9.84. The third kappa shape index (κ3) is 2.31. The molecule has 0 spiro atoms. The number of allylic oxidation sites excluding steroid dienone is 1. The fraction of sp³-hybridized carbons (Fsp3) is 0.200. The Hall–Kier alpha value is -0.830. The van der Waals surface area contributed by atoms with E-state index in [1.807, 2.05) is 6.07 Å². The van der Waals surface area contributed by atoms with Gasteiger partial charge < -0.3 is 5.32 Å². The fourth-order valence-corrected chi connectivity index (χ4v) is 1.61. The third-order valence-corrected chi connectivity index (χ3v) is 2.24. The molecule has 1 rings (SSSR count). The van der Waals surface area contributed by atoms with E-state index in [2.05, 4.69) is 27.8 Å². The minimum absolute atomic E-state index is 0.210. The van der Waals surface area contributed by atoms with Crippen molar-refractivity contribution in [2.75, 3.05) is 12.4 Å². The topological polar surface area (TPSA) is 12.0 Å². The zero-order valence-corrected chi connectivity index (χ0v) is 8.99. The lowest BCUT2D eigenvalue weighted by Crippen LogP contribution is -1.98. The van der Waals surface area contributed by atoms with Crippen molar-refractivity contribution in [3.05, 3.63) is 40.6 Å². The molecule has 0 saturated carbocycles. The van der Waals surface area contributed by atoms with Crippen LogP contribution in [0.1, 0.15) is 5.56 Å². The SMILES string of the molecule is C=CCc1c(F)cc(Br)cc1NC. The molecule has 0 heterocycles. The maximum absolute atomic E-state index is 13.4. The van der Waals surface area contributed by atoms with Crippen LogP contribution in [0.4, 0.5) is 10.1 Å². The molecule has 1 nitrogen and oxygen atoms in total. The van der Waals surface area contributed by atoms with E-state index in [1.54, 1.807) is 13.1 Å². The van der Waals surface area contributed by atoms with Crippen LogP contribution in [0.15, 0.2) is 29.3 Å². The summed E-state index contributed by atoms with van der Waals surface area (Å²) in [6, 6.07) is 3.31. The number of nitrogens with one attached hydrogen (secondary N) is 1. The Balaban J connectivity index is 3.20. The van der Waals surface area contributed by atoms with Gasteiger partial charge in [-0.1, -0.05) is 22.0 Å². The van der Waals surface area contributed by atoms with E-state index in [-0.39, 0.29) is 5.82 Å². The maximum atomic E-state index is 13.4. The van der Waals surface area contributed by atoms with Crippen LogP contribution in [0.2, 0.25) is 0 Å². The second-order valence-corrected chi connectivity index (χ2v) is 3.57. The number of rotatable bonds is 3. The van der Waals surface area contributed by atoms with E-state index < -0.39 is 0 Å². The fourth-order valence-electron chi connectivity index (χ4n) is 1.18. The van der Waals surface area contributed by atoms with Crippen LogP contribution in [0.25, 0.3) is 0 Å². The molecule has 1 aromatic carbocycles. The largest absolute Gasteiger partial charge is 0.388 e. The summed E-state index contributed by atoms with van der Waals surface area (Å²) in [4.78, 5) is 0. The van der Waals surface area contributed by atoms with Crippen LogP contribution in [0.3, 0.4) is 0 Å². The molecule has 3 heteroatoms. The number of hydrogen-bond donors (Lipinski definition) is 1. The van der Waals surface area contributed by atoms with Gasteiger partial charge in [-0.25, -0.2) is 4.39 Å². The summed E-state index contributed by atoms with van der Waals surface area (Å²) in [6.45, 7) is 3.59. The molecule has 0 aliphatic rings. The van der Waals surface area contributed by atoms with E-state index in [0.717, 1.165) is 10.2 Å². The van der Waals surface area contributed by atoms with Crippen LogP contribution in [-0.2, 0) is 6.42 Å². The summed E-state index contributed by atoms with van der Waals surface area (Å²) in [5.41, 5.74) is 1.45. The van der Waals surface area contributed by atoms with Crippen LogP contribution in [0, 0.1) is 5.82 Å². The molecule has 0 radical (unpaired) electrons. The Kier molecular flexibility index (Phi) is 3.48. The van der Waals surface area contributed by atoms with Crippen LogP contribution < -0.4 is 5.32 Å². The zero-order valence-electron chi connectivity index (χ0n) is 7.40. The van der Waals surface area contributed by atoms with Gasteiger partial charge in [0.15, 0.2) is 0 Å². The summed E-state index contributed by atoms with van der Waals surface area (Å²) in [6.07, 6.45) is 2.22. The quantitative estimate of drug-likeness (QED) is 0.804. The normalized spacial score (nSPS) is 9.77. The highest BCUT2D eigenvalue weighted by Crippen LogP contribution is 2.24. The van der Waals surface area contributed by atoms with E-state index in [1.165, 1.54) is 6.07 Å². The summed E-state index contributed by atoms with van der Waals surface area (Å²) < 4.78 is 14.1. The Morgan fingerprint density at radius 3 is 2.85 bits per heavy atom. The van der Waals surface area contributed by atoms with Gasteiger partial charge >= 0.3 is 0 Å². The maximum Gasteiger partial charge on any atom is 0.129 e. The summed E-state index contributed by atoms with van der Waals surface area (Å²) in [7, 11) is 1.77. The highest BCUT2D eigenvalue weighted by Gasteiger charge is 2.07. The second-order valence-electron chi connectivity index (χ2n) is 2.66. The second kappa shape index (κ2) is 4.42. The van der Waals surface area contributed by atoms with Crippen LogP contribution in [-0.4, -0.2) is 7.05 Å². The number of halogens is 2. The highest BCUT2D eigenvalue weighted by atomic mass is 79.9. The van der Waals surface area contributed by atoms with Gasteiger partial charge in [0.2, 0.25) is 0 Å². The van der Waals surface area contributed by atoms with Gasteiger partial charge in [0, 0.05) is 22.8 Å². The molecular weight excluding hydrogens is 233 g/mol. The lowest BCUT2D eigenvalue weighted by Gasteiger charge is -2.08. The number of hydrogen-bond acceptors (Lipinski definition) is 1. The molecule has 0 bridgehead atoms. The molecule has 1 aromatic rings. The molecular formula is C10H11BrFN. The average molecular weight is 244 g/mol. The molecule has 0 aliphatic carbocycles. The average Bonchev–Trinajstić information content (AvgIpc) is 2.09. The summed E-state index contributed by atoms with van der Waals surface area (Å²) >= 11 is 3.23. The van der Waals surface area contributed by atoms with Gasteiger partial charge in [-0.15, -0.1) is 6.58 Å². The molecule has 0 aromatic heterocycles. The number of anilines is 1. The molecule has 1 N–H and O–H groups in total. The molecule has 13 heavy (non-hydrogen) atoms. The van der Waals surface area contributed by atoms with Gasteiger partial charge in [0.1, 0.15) is 5.82 Å². The van der Waals surface area contributed by atoms with Crippen molar-refractivity contribution in [1.29, 1.82) is 0 Å². The third-order valence-electron chi connectivity index (χ3n) is 1.78. The van der Waals surface area contributed by atoms with Gasteiger partial charge in [0.25, 0.3) is 0 Å². The Bertz CT molecular complexity index is 323. The first kappa shape index (κ1) is 10.3. The van der Waals surface area contributed by atoms with Gasteiger partial charge in [-0.05, 0) is 18.6 Å². The predicted molar refractivity (Wildman–Crippen MR) is 57.5 cm³/mol. The molecule has 0 aliphatic heterocycles. The van der Waals surface area contributed by atoms with Gasteiger partial charge in [0.05, 0.1) is 0 Å². The van der Waals surface area contributed by atoms with Gasteiger partial charge in [-0.3, -0.25) is 0 Å². The molecule has 0 amide bonds. The van der Waals surface area contributed by atoms with Crippen molar-refractivity contribution >= 4 is 21.6 Å². The van der Waals surface area contributed by atoms with E-state index in [9.17, 15) is 4.39 Å². The van der Waals surface area contributed by atoms with E-state index in [0.29, 0.717) is 12.0 Å². The van der Waals surface area contributed by atoms with Crippen molar-refractivity contribution in [3.8, 4) is 0 Å². The summed E-state index contributed by atoms with van der Waals surface area (Å²) in [5, 5.41) is 2.94. The minimum Gasteiger partial charge on any atom is -0.388 e. The van der Waals surface area contributed by atoms with Gasteiger partial charge in [-0.2, -0.15) is 0 Å². The molecule has 70 valence electrons. The van der Waals surface area contributed by atoms with E-state index in [4.69, 9.17) is 0 Å². The van der Waals surface area contributed by atoms with Crippen molar-refractivity contribution in [2.45, 2.75) is 6.42 Å². The first-order valence-electron chi connectivity index (χ1n) is 3.95. The first-order chi connectivity index (χ1) is 6.19. The minimum atomic E-state index is -0.210.